The minimum Gasteiger partial charge on any atom is -0.456 e. The minimum atomic E-state index is 0.804. The Balaban J connectivity index is 0.988. The summed E-state index contributed by atoms with van der Waals surface area (Å²) in [6.45, 7) is 0. The highest BCUT2D eigenvalue weighted by Gasteiger charge is 2.22. The van der Waals surface area contributed by atoms with Crippen molar-refractivity contribution >= 4 is 66.7 Å². The van der Waals surface area contributed by atoms with Crippen molar-refractivity contribution in [3.8, 4) is 28.0 Å². The van der Waals surface area contributed by atoms with Crippen molar-refractivity contribution in [2.75, 3.05) is 4.90 Å². The molecule has 0 fully saturated rings. The topological polar surface area (TPSA) is 38.8 Å². The van der Waals surface area contributed by atoms with E-state index in [0.29, 0.717) is 0 Å². The van der Waals surface area contributed by atoms with Crippen molar-refractivity contribution in [2.24, 2.45) is 0 Å². The molecule has 0 bridgehead atoms. The predicted octanol–water partition coefficient (Wildman–Crippen LogP) is 14.3. The average Bonchev–Trinajstić information content (AvgIpc) is 3.83. The molecular weight excluding hydrogens is 675 g/mol. The fourth-order valence-corrected chi connectivity index (χ4v) is 8.01. The Morgan fingerprint density at radius 1 is 0.382 bits per heavy atom. The smallest absolute Gasteiger partial charge is 0.142 e. The Labute approximate surface area is 317 Å². The summed E-state index contributed by atoms with van der Waals surface area (Å²) in [5.74, 6) is 1.75. The number of ether oxygens (including phenoxy) is 1. The summed E-state index contributed by atoms with van der Waals surface area (Å²) < 4.78 is 19.2. The second-order valence-electron chi connectivity index (χ2n) is 14.1. The van der Waals surface area contributed by atoms with Crippen LogP contribution in [0.2, 0.25) is 0 Å². The normalized spacial score (nSPS) is 12.5. The molecule has 3 heterocycles. The van der Waals surface area contributed by atoms with E-state index in [9.17, 15) is 0 Å². The lowest BCUT2D eigenvalue weighted by molar-refractivity contribution is 0.504. The van der Waals surface area contributed by atoms with E-state index >= 15 is 0 Å². The minimum absolute atomic E-state index is 0.804. The van der Waals surface area contributed by atoms with Crippen LogP contribution in [0.5, 0.6) is 5.75 Å². The van der Waals surface area contributed by atoms with E-state index in [-0.39, 0.29) is 0 Å². The molecule has 0 aliphatic carbocycles. The third-order valence-corrected chi connectivity index (χ3v) is 10.8. The van der Waals surface area contributed by atoms with Gasteiger partial charge in [0.1, 0.15) is 33.8 Å². The summed E-state index contributed by atoms with van der Waals surface area (Å²) in [4.78, 5) is 2.31. The van der Waals surface area contributed by atoms with Crippen molar-refractivity contribution in [3.05, 3.63) is 199 Å². The van der Waals surface area contributed by atoms with Crippen LogP contribution in [0.1, 0.15) is 11.1 Å². The SMILES string of the molecule is C1=C(c2ccccc2)Oc2c(ccc3oc4ccc(-c5ccc(N(c6ccc(-c7ccccc7)cc6)c6ccc7oc8ccccc8c7c6)cc5)cc4c23)C1. The van der Waals surface area contributed by atoms with Crippen molar-refractivity contribution in [2.45, 2.75) is 6.42 Å². The number of nitrogens with zero attached hydrogens (tertiary/aromatic N) is 1. The summed E-state index contributed by atoms with van der Waals surface area (Å²) >= 11 is 0. The fraction of sp³-hybridized carbons (Fsp3) is 0.0196. The number of allylic oxidation sites excluding steroid dienone is 1. The molecule has 0 spiro atoms. The molecule has 8 aromatic carbocycles. The Morgan fingerprint density at radius 2 is 0.927 bits per heavy atom. The molecule has 1 aliphatic rings. The van der Waals surface area contributed by atoms with Crippen LogP contribution in [0.15, 0.2) is 197 Å². The maximum absolute atomic E-state index is 6.64. The first-order valence-corrected chi connectivity index (χ1v) is 18.6. The summed E-state index contributed by atoms with van der Waals surface area (Å²) in [5.41, 5.74) is 13.4. The molecule has 2 aromatic heterocycles. The number of anilines is 3. The van der Waals surface area contributed by atoms with Gasteiger partial charge in [-0.3, -0.25) is 0 Å². The van der Waals surface area contributed by atoms with Gasteiger partial charge in [0.25, 0.3) is 0 Å². The molecule has 0 N–H and O–H groups in total. The highest BCUT2D eigenvalue weighted by atomic mass is 16.5. The van der Waals surface area contributed by atoms with Crippen molar-refractivity contribution in [1.82, 2.24) is 0 Å². The molecule has 0 unspecified atom stereocenters. The Kier molecular flexibility index (Phi) is 7.20. The van der Waals surface area contributed by atoms with Gasteiger partial charge < -0.3 is 18.5 Å². The second-order valence-corrected chi connectivity index (χ2v) is 14.1. The number of hydrogen-bond acceptors (Lipinski definition) is 4. The molecule has 260 valence electrons. The number of rotatable bonds is 6. The van der Waals surface area contributed by atoms with E-state index in [1.54, 1.807) is 0 Å². The molecule has 4 heteroatoms. The lowest BCUT2D eigenvalue weighted by Crippen LogP contribution is -2.09. The van der Waals surface area contributed by atoms with Gasteiger partial charge in [0.15, 0.2) is 0 Å². The molecule has 0 amide bonds. The average molecular weight is 708 g/mol. The van der Waals surface area contributed by atoms with Crippen LogP contribution in [0.3, 0.4) is 0 Å². The maximum Gasteiger partial charge on any atom is 0.142 e. The molecule has 10 aromatic rings. The van der Waals surface area contributed by atoms with Crippen LogP contribution in [0, 0.1) is 0 Å². The van der Waals surface area contributed by atoms with Gasteiger partial charge in [0, 0.05) is 38.8 Å². The van der Waals surface area contributed by atoms with E-state index in [0.717, 1.165) is 101 Å². The van der Waals surface area contributed by atoms with Crippen LogP contribution < -0.4 is 9.64 Å². The predicted molar refractivity (Wildman–Crippen MR) is 225 cm³/mol. The highest BCUT2D eigenvalue weighted by molar-refractivity contribution is 6.11. The zero-order chi connectivity index (χ0) is 36.3. The number of para-hydroxylation sites is 1. The molecule has 4 nitrogen and oxygen atoms in total. The molecule has 0 radical (unpaired) electrons. The van der Waals surface area contributed by atoms with Crippen molar-refractivity contribution < 1.29 is 13.6 Å². The standard InChI is InChI=1S/C51H33NO3/c1-3-9-33(10-4-1)34-15-22-39(23-16-34)52(41-26-30-47-43(32-41)42-13-7-8-14-46(42)53-47)40-24-17-35(18-25-40)38-21-28-48-44(31-38)50-49(54-48)29-20-37-19-27-45(55-51(37)50)36-11-5-2-6-12-36/h1-18,20-32H,19H2. The summed E-state index contributed by atoms with van der Waals surface area (Å²) in [5, 5.41) is 4.26. The maximum atomic E-state index is 6.64. The van der Waals surface area contributed by atoms with Gasteiger partial charge in [0.05, 0.1) is 5.39 Å². The fourth-order valence-electron chi connectivity index (χ4n) is 8.01. The van der Waals surface area contributed by atoms with E-state index in [4.69, 9.17) is 13.6 Å². The highest BCUT2D eigenvalue weighted by Crippen LogP contribution is 2.44. The Morgan fingerprint density at radius 3 is 1.69 bits per heavy atom. The third kappa shape index (κ3) is 5.38. The summed E-state index contributed by atoms with van der Waals surface area (Å²) in [7, 11) is 0. The van der Waals surface area contributed by atoms with E-state index < -0.39 is 0 Å². The largest absolute Gasteiger partial charge is 0.456 e. The quantitative estimate of drug-likeness (QED) is 0.172. The van der Waals surface area contributed by atoms with Gasteiger partial charge >= 0.3 is 0 Å². The lowest BCUT2D eigenvalue weighted by atomic mass is 9.99. The summed E-state index contributed by atoms with van der Waals surface area (Å²) in [6.07, 6.45) is 2.97. The molecule has 0 atom stereocenters. The van der Waals surface area contributed by atoms with Gasteiger partial charge in [-0.05, 0) is 107 Å². The van der Waals surface area contributed by atoms with Crippen LogP contribution >= 0.6 is 0 Å². The van der Waals surface area contributed by atoms with Crippen LogP contribution in [-0.2, 0) is 6.42 Å². The number of hydrogen-bond donors (Lipinski definition) is 0. The Bertz CT molecular complexity index is 3060. The van der Waals surface area contributed by atoms with Gasteiger partial charge in [-0.25, -0.2) is 0 Å². The first-order valence-electron chi connectivity index (χ1n) is 18.6. The molecular formula is C51H33NO3. The van der Waals surface area contributed by atoms with Gasteiger partial charge in [-0.1, -0.05) is 115 Å². The zero-order valence-corrected chi connectivity index (χ0v) is 29.8. The van der Waals surface area contributed by atoms with Gasteiger partial charge in [0.2, 0.25) is 0 Å². The molecule has 1 aliphatic heterocycles. The number of benzene rings is 8. The molecule has 0 saturated heterocycles. The van der Waals surface area contributed by atoms with Crippen LogP contribution in [0.25, 0.3) is 71.9 Å². The monoisotopic (exact) mass is 707 g/mol. The van der Waals surface area contributed by atoms with E-state index in [1.807, 2.05) is 30.3 Å². The van der Waals surface area contributed by atoms with E-state index in [1.165, 1.54) is 11.1 Å². The first-order chi connectivity index (χ1) is 27.2. The van der Waals surface area contributed by atoms with Crippen molar-refractivity contribution in [3.63, 3.8) is 0 Å². The molecule has 11 rings (SSSR count). The van der Waals surface area contributed by atoms with Gasteiger partial charge in [-0.15, -0.1) is 0 Å². The molecule has 55 heavy (non-hydrogen) atoms. The van der Waals surface area contributed by atoms with Crippen LogP contribution in [0.4, 0.5) is 17.1 Å². The van der Waals surface area contributed by atoms with Gasteiger partial charge in [-0.2, -0.15) is 0 Å². The van der Waals surface area contributed by atoms with E-state index in [2.05, 4.69) is 163 Å². The zero-order valence-electron chi connectivity index (χ0n) is 29.8. The number of furan rings is 2. The lowest BCUT2D eigenvalue weighted by Gasteiger charge is -2.26. The molecule has 0 saturated carbocycles. The van der Waals surface area contributed by atoms with Crippen LogP contribution in [-0.4, -0.2) is 0 Å². The van der Waals surface area contributed by atoms with Crippen molar-refractivity contribution in [1.29, 1.82) is 0 Å². The third-order valence-electron chi connectivity index (χ3n) is 10.8. The Hall–Kier alpha value is -7.30. The second kappa shape index (κ2) is 12.7. The summed E-state index contributed by atoms with van der Waals surface area (Å²) in [6, 6.07) is 63.7. The first kappa shape index (κ1) is 31.2. The number of fused-ring (bicyclic) bond motifs is 8.